The Morgan fingerprint density at radius 2 is 1.74 bits per heavy atom. The first-order valence-electron chi connectivity index (χ1n) is 7.19. The van der Waals surface area contributed by atoms with Gasteiger partial charge in [0.2, 0.25) is 6.10 Å². The third-order valence-corrected chi connectivity index (χ3v) is 3.44. The van der Waals surface area contributed by atoms with E-state index in [1.807, 2.05) is 12.1 Å². The molecule has 6 heteroatoms. The van der Waals surface area contributed by atoms with Gasteiger partial charge >= 0.3 is 0 Å². The van der Waals surface area contributed by atoms with E-state index in [9.17, 15) is 9.59 Å². The average molecular weight is 312 g/mol. The van der Waals surface area contributed by atoms with E-state index in [0.29, 0.717) is 22.7 Å². The molecule has 2 N–H and O–H groups in total. The molecule has 1 aliphatic heterocycles. The Bertz CT molecular complexity index is 728. The molecule has 2 aromatic rings. The molecular weight excluding hydrogens is 296 g/mol. The molecule has 3 rings (SSSR count). The van der Waals surface area contributed by atoms with Crippen molar-refractivity contribution in [3.63, 3.8) is 0 Å². The SMILES string of the molecule is CNC(=O)c1ccc(NC(=O)[C@@H]2COc3ccccc3O2)cc1. The second kappa shape index (κ2) is 6.39. The van der Waals surface area contributed by atoms with Gasteiger partial charge in [-0.2, -0.15) is 0 Å². The molecule has 0 spiro atoms. The van der Waals surface area contributed by atoms with Gasteiger partial charge in [0.25, 0.3) is 11.8 Å². The molecule has 0 saturated heterocycles. The molecule has 2 amide bonds. The van der Waals surface area contributed by atoms with Gasteiger partial charge in [0.05, 0.1) is 0 Å². The number of para-hydroxylation sites is 2. The van der Waals surface area contributed by atoms with E-state index < -0.39 is 6.10 Å². The highest BCUT2D eigenvalue weighted by Gasteiger charge is 2.27. The van der Waals surface area contributed by atoms with E-state index in [1.54, 1.807) is 43.4 Å². The van der Waals surface area contributed by atoms with E-state index in [1.165, 1.54) is 0 Å². The molecule has 2 aromatic carbocycles. The predicted molar refractivity (Wildman–Crippen MR) is 84.8 cm³/mol. The summed E-state index contributed by atoms with van der Waals surface area (Å²) in [6.45, 7) is 0.152. The summed E-state index contributed by atoms with van der Waals surface area (Å²) in [4.78, 5) is 23.7. The van der Waals surface area contributed by atoms with E-state index in [0.717, 1.165) is 0 Å². The zero-order chi connectivity index (χ0) is 16.2. The molecule has 0 fully saturated rings. The number of nitrogens with one attached hydrogen (secondary N) is 2. The van der Waals surface area contributed by atoms with Gasteiger partial charge in [-0.1, -0.05) is 12.1 Å². The van der Waals surface area contributed by atoms with Crippen LogP contribution in [0.15, 0.2) is 48.5 Å². The number of rotatable bonds is 3. The largest absolute Gasteiger partial charge is 0.485 e. The third-order valence-electron chi connectivity index (χ3n) is 3.44. The molecule has 6 nitrogen and oxygen atoms in total. The van der Waals surface area contributed by atoms with Gasteiger partial charge in [0.1, 0.15) is 6.61 Å². The Labute approximate surface area is 133 Å². The van der Waals surface area contributed by atoms with Crippen LogP contribution in [0.25, 0.3) is 0 Å². The highest BCUT2D eigenvalue weighted by Crippen LogP contribution is 2.31. The van der Waals surface area contributed by atoms with Crippen molar-refractivity contribution in [2.45, 2.75) is 6.10 Å². The molecule has 0 bridgehead atoms. The molecule has 1 aliphatic rings. The summed E-state index contributed by atoms with van der Waals surface area (Å²) in [7, 11) is 1.57. The zero-order valence-corrected chi connectivity index (χ0v) is 12.5. The normalized spacial score (nSPS) is 15.6. The van der Waals surface area contributed by atoms with Gasteiger partial charge in [-0.15, -0.1) is 0 Å². The smallest absolute Gasteiger partial charge is 0.269 e. The van der Waals surface area contributed by atoms with Crippen LogP contribution in [-0.2, 0) is 4.79 Å². The van der Waals surface area contributed by atoms with Crippen molar-refractivity contribution in [2.24, 2.45) is 0 Å². The van der Waals surface area contributed by atoms with Gasteiger partial charge in [-0.3, -0.25) is 9.59 Å². The maximum absolute atomic E-state index is 12.3. The number of hydrogen-bond acceptors (Lipinski definition) is 4. The van der Waals surface area contributed by atoms with Crippen LogP contribution in [0.4, 0.5) is 5.69 Å². The molecule has 0 unspecified atom stereocenters. The Morgan fingerprint density at radius 1 is 1.04 bits per heavy atom. The van der Waals surface area contributed by atoms with E-state index >= 15 is 0 Å². The van der Waals surface area contributed by atoms with Crippen LogP contribution in [0.5, 0.6) is 11.5 Å². The summed E-state index contributed by atoms with van der Waals surface area (Å²) in [5.41, 5.74) is 1.11. The standard InChI is InChI=1S/C17H16N2O4/c1-18-16(20)11-6-8-12(9-7-11)19-17(21)15-10-22-13-4-2-3-5-14(13)23-15/h2-9,15H,10H2,1H3,(H,18,20)(H,19,21)/t15-/m0/s1. The summed E-state index contributed by atoms with van der Waals surface area (Å²) in [5.74, 6) is 0.705. The number of hydrogen-bond donors (Lipinski definition) is 2. The number of fused-ring (bicyclic) bond motifs is 1. The second-order valence-corrected chi connectivity index (χ2v) is 5.01. The first kappa shape index (κ1) is 14.9. The quantitative estimate of drug-likeness (QED) is 0.906. The summed E-state index contributed by atoms with van der Waals surface area (Å²) >= 11 is 0. The fourth-order valence-electron chi connectivity index (χ4n) is 2.22. The summed E-state index contributed by atoms with van der Waals surface area (Å²) < 4.78 is 11.2. The van der Waals surface area contributed by atoms with Crippen LogP contribution in [-0.4, -0.2) is 31.6 Å². The van der Waals surface area contributed by atoms with Gasteiger partial charge in [-0.05, 0) is 36.4 Å². The Hall–Kier alpha value is -3.02. The topological polar surface area (TPSA) is 76.7 Å². The number of anilines is 1. The van der Waals surface area contributed by atoms with Crippen molar-refractivity contribution in [2.75, 3.05) is 19.0 Å². The minimum absolute atomic E-state index is 0.152. The Kier molecular flexibility index (Phi) is 4.14. The minimum Gasteiger partial charge on any atom is -0.485 e. The fraction of sp³-hybridized carbons (Fsp3) is 0.176. The highest BCUT2D eigenvalue weighted by atomic mass is 16.6. The second-order valence-electron chi connectivity index (χ2n) is 5.01. The lowest BCUT2D eigenvalue weighted by atomic mass is 10.2. The lowest BCUT2D eigenvalue weighted by Gasteiger charge is -2.25. The minimum atomic E-state index is -0.719. The number of benzene rings is 2. The maximum atomic E-state index is 12.3. The lowest BCUT2D eigenvalue weighted by Crippen LogP contribution is -2.40. The number of carbonyl (C=O) groups excluding carboxylic acids is 2. The molecule has 0 radical (unpaired) electrons. The van der Waals surface area contributed by atoms with Gasteiger partial charge in [-0.25, -0.2) is 0 Å². The van der Waals surface area contributed by atoms with E-state index in [2.05, 4.69) is 10.6 Å². The van der Waals surface area contributed by atoms with Gasteiger partial charge in [0, 0.05) is 18.3 Å². The molecule has 1 atom stereocenters. The van der Waals surface area contributed by atoms with Crippen molar-refractivity contribution in [3.05, 3.63) is 54.1 Å². The molecule has 0 saturated carbocycles. The molecule has 0 aliphatic carbocycles. The van der Waals surface area contributed by atoms with Crippen molar-refractivity contribution in [1.82, 2.24) is 5.32 Å². The number of amides is 2. The molecule has 1 heterocycles. The van der Waals surface area contributed by atoms with Crippen LogP contribution in [0.2, 0.25) is 0 Å². The van der Waals surface area contributed by atoms with Gasteiger partial charge in [0.15, 0.2) is 11.5 Å². The molecule has 0 aromatic heterocycles. The van der Waals surface area contributed by atoms with Crippen LogP contribution in [0.1, 0.15) is 10.4 Å². The Morgan fingerprint density at radius 3 is 2.43 bits per heavy atom. The van der Waals surface area contributed by atoms with Crippen LogP contribution < -0.4 is 20.1 Å². The molecule has 23 heavy (non-hydrogen) atoms. The lowest BCUT2D eigenvalue weighted by molar-refractivity contribution is -0.125. The van der Waals surface area contributed by atoms with Crippen molar-refractivity contribution >= 4 is 17.5 Å². The fourth-order valence-corrected chi connectivity index (χ4v) is 2.22. The van der Waals surface area contributed by atoms with Crippen molar-refractivity contribution in [1.29, 1.82) is 0 Å². The van der Waals surface area contributed by atoms with E-state index in [-0.39, 0.29) is 18.4 Å². The van der Waals surface area contributed by atoms with Crippen molar-refractivity contribution < 1.29 is 19.1 Å². The van der Waals surface area contributed by atoms with E-state index in [4.69, 9.17) is 9.47 Å². The highest BCUT2D eigenvalue weighted by molar-refractivity contribution is 5.97. The van der Waals surface area contributed by atoms with Crippen molar-refractivity contribution in [3.8, 4) is 11.5 Å². The van der Waals surface area contributed by atoms with Crippen LogP contribution in [0.3, 0.4) is 0 Å². The summed E-state index contributed by atoms with van der Waals surface area (Å²) in [6.07, 6.45) is -0.719. The molecular formula is C17H16N2O4. The third kappa shape index (κ3) is 3.26. The first-order valence-corrected chi connectivity index (χ1v) is 7.19. The Balaban J connectivity index is 1.65. The first-order chi connectivity index (χ1) is 11.2. The van der Waals surface area contributed by atoms with Crippen LogP contribution in [0, 0.1) is 0 Å². The zero-order valence-electron chi connectivity index (χ0n) is 12.5. The van der Waals surface area contributed by atoms with Crippen LogP contribution >= 0.6 is 0 Å². The predicted octanol–water partition coefficient (Wildman–Crippen LogP) is 1.82. The van der Waals surface area contributed by atoms with Gasteiger partial charge < -0.3 is 20.1 Å². The average Bonchev–Trinajstić information content (AvgIpc) is 2.61. The monoisotopic (exact) mass is 312 g/mol. The summed E-state index contributed by atoms with van der Waals surface area (Å²) in [6, 6.07) is 13.8. The maximum Gasteiger partial charge on any atom is 0.269 e. The number of carbonyl (C=O) groups is 2. The molecule has 118 valence electrons. The number of ether oxygens (including phenoxy) is 2. The summed E-state index contributed by atoms with van der Waals surface area (Å²) in [5, 5.41) is 5.29.